The van der Waals surface area contributed by atoms with E-state index in [-0.39, 0.29) is 0 Å². The zero-order valence-electron chi connectivity index (χ0n) is 14.4. The summed E-state index contributed by atoms with van der Waals surface area (Å²) in [7, 11) is 4.24. The van der Waals surface area contributed by atoms with Gasteiger partial charge in [-0.2, -0.15) is 0 Å². The van der Waals surface area contributed by atoms with Crippen LogP contribution in [-0.4, -0.2) is 36.7 Å². The number of hydrogen-bond donors (Lipinski definition) is 0. The summed E-state index contributed by atoms with van der Waals surface area (Å²) >= 11 is 0. The Hall–Kier alpha value is -1.61. The minimum Gasteiger partial charge on any atom is -0.337 e. The Morgan fingerprint density at radius 3 is 2.68 bits per heavy atom. The van der Waals surface area contributed by atoms with Crippen LogP contribution >= 0.6 is 0 Å². The predicted molar refractivity (Wildman–Crippen MR) is 95.0 cm³/mol. The molecular weight excluding hydrogens is 270 g/mol. The molecule has 2 atom stereocenters. The fraction of sp³-hybridized carbons (Fsp3) is 0.526. The highest BCUT2D eigenvalue weighted by Crippen LogP contribution is 2.29. The molecule has 0 spiro atoms. The van der Waals surface area contributed by atoms with Crippen molar-refractivity contribution in [2.45, 2.75) is 39.3 Å². The maximum Gasteiger partial charge on any atom is 0.129 e. The SMILES string of the molecule is C=C(C)C1CC=C(CN(c2ccccn2)C(C)N(C)C)CC1. The number of pyridine rings is 1. The second-order valence-electron chi connectivity index (χ2n) is 6.59. The second kappa shape index (κ2) is 7.59. The van der Waals surface area contributed by atoms with Crippen LogP contribution in [0.5, 0.6) is 0 Å². The van der Waals surface area contributed by atoms with Crippen LogP contribution < -0.4 is 4.90 Å². The van der Waals surface area contributed by atoms with E-state index in [0.717, 1.165) is 18.8 Å². The Morgan fingerprint density at radius 2 is 2.18 bits per heavy atom. The molecule has 1 aliphatic rings. The van der Waals surface area contributed by atoms with E-state index in [4.69, 9.17) is 0 Å². The number of nitrogens with zero attached hydrogens (tertiary/aromatic N) is 3. The first-order chi connectivity index (χ1) is 10.5. The van der Waals surface area contributed by atoms with Crippen LogP contribution in [0.15, 0.2) is 48.2 Å². The normalized spacial score (nSPS) is 19.7. The molecule has 0 amide bonds. The summed E-state index contributed by atoms with van der Waals surface area (Å²) < 4.78 is 0. The van der Waals surface area contributed by atoms with Gasteiger partial charge >= 0.3 is 0 Å². The highest BCUT2D eigenvalue weighted by molar-refractivity contribution is 5.41. The summed E-state index contributed by atoms with van der Waals surface area (Å²) in [5.41, 5.74) is 2.84. The lowest BCUT2D eigenvalue weighted by Gasteiger charge is -2.36. The minimum absolute atomic E-state index is 0.315. The Labute approximate surface area is 135 Å². The number of hydrogen-bond acceptors (Lipinski definition) is 3. The van der Waals surface area contributed by atoms with Gasteiger partial charge in [-0.15, -0.1) is 0 Å². The standard InChI is InChI=1S/C19H29N3/c1-15(2)18-11-9-17(10-12-18)14-22(16(3)21(4)5)19-8-6-7-13-20-19/h6-9,13,16,18H,1,10-12,14H2,2-5H3. The van der Waals surface area contributed by atoms with Gasteiger partial charge in [-0.1, -0.05) is 29.9 Å². The van der Waals surface area contributed by atoms with Crippen molar-refractivity contribution in [1.82, 2.24) is 9.88 Å². The van der Waals surface area contributed by atoms with Gasteiger partial charge in [0.15, 0.2) is 0 Å². The third kappa shape index (κ3) is 4.20. The fourth-order valence-electron chi connectivity index (χ4n) is 2.91. The van der Waals surface area contributed by atoms with E-state index in [1.165, 1.54) is 24.0 Å². The highest BCUT2D eigenvalue weighted by Gasteiger charge is 2.21. The van der Waals surface area contributed by atoms with Crippen LogP contribution in [0.4, 0.5) is 5.82 Å². The molecule has 0 fully saturated rings. The van der Waals surface area contributed by atoms with Crippen LogP contribution in [0.25, 0.3) is 0 Å². The van der Waals surface area contributed by atoms with Crippen molar-refractivity contribution in [3.05, 3.63) is 48.2 Å². The maximum atomic E-state index is 4.55. The van der Waals surface area contributed by atoms with Crippen molar-refractivity contribution in [3.8, 4) is 0 Å². The molecule has 2 rings (SSSR count). The van der Waals surface area contributed by atoms with Gasteiger partial charge in [-0.3, -0.25) is 4.90 Å². The minimum atomic E-state index is 0.315. The molecule has 22 heavy (non-hydrogen) atoms. The highest BCUT2D eigenvalue weighted by atomic mass is 15.3. The molecule has 0 N–H and O–H groups in total. The Bertz CT molecular complexity index is 519. The summed E-state index contributed by atoms with van der Waals surface area (Å²) in [6.07, 6.45) is 8.14. The molecule has 1 heterocycles. The third-order valence-corrected chi connectivity index (χ3v) is 4.72. The first kappa shape index (κ1) is 16.8. The van der Waals surface area contributed by atoms with Gasteiger partial charge in [0.05, 0.1) is 6.17 Å². The largest absolute Gasteiger partial charge is 0.337 e. The first-order valence-corrected chi connectivity index (χ1v) is 8.16. The zero-order chi connectivity index (χ0) is 16.1. The van der Waals surface area contributed by atoms with Gasteiger partial charge in [0.25, 0.3) is 0 Å². The average Bonchev–Trinajstić information content (AvgIpc) is 2.53. The number of anilines is 1. The molecule has 120 valence electrons. The summed E-state index contributed by atoms with van der Waals surface area (Å²) in [5.74, 6) is 1.71. The summed E-state index contributed by atoms with van der Waals surface area (Å²) in [5, 5.41) is 0. The van der Waals surface area contributed by atoms with Gasteiger partial charge < -0.3 is 4.90 Å². The van der Waals surface area contributed by atoms with E-state index in [1.807, 2.05) is 12.3 Å². The molecule has 2 unspecified atom stereocenters. The van der Waals surface area contributed by atoms with Gasteiger partial charge in [0.2, 0.25) is 0 Å². The number of aromatic nitrogens is 1. The molecule has 1 aliphatic carbocycles. The number of allylic oxidation sites excluding steroid dienone is 2. The lowest BCUT2D eigenvalue weighted by molar-refractivity contribution is 0.303. The smallest absolute Gasteiger partial charge is 0.129 e. The van der Waals surface area contributed by atoms with Crippen molar-refractivity contribution in [1.29, 1.82) is 0 Å². The molecule has 0 aliphatic heterocycles. The van der Waals surface area contributed by atoms with E-state index in [2.05, 4.69) is 67.5 Å². The molecule has 3 heteroatoms. The topological polar surface area (TPSA) is 19.4 Å². The van der Waals surface area contributed by atoms with Crippen LogP contribution in [0.1, 0.15) is 33.1 Å². The molecule has 0 radical (unpaired) electrons. The Kier molecular flexibility index (Phi) is 5.78. The van der Waals surface area contributed by atoms with E-state index in [9.17, 15) is 0 Å². The van der Waals surface area contributed by atoms with Crippen molar-refractivity contribution >= 4 is 5.82 Å². The zero-order valence-corrected chi connectivity index (χ0v) is 14.4. The van der Waals surface area contributed by atoms with E-state index in [0.29, 0.717) is 12.1 Å². The lowest BCUT2D eigenvalue weighted by Crippen LogP contribution is -2.44. The third-order valence-electron chi connectivity index (χ3n) is 4.72. The summed E-state index contributed by atoms with van der Waals surface area (Å²) in [6.45, 7) is 9.45. The first-order valence-electron chi connectivity index (χ1n) is 8.16. The van der Waals surface area contributed by atoms with Crippen LogP contribution in [0, 0.1) is 5.92 Å². The molecule has 3 nitrogen and oxygen atoms in total. The van der Waals surface area contributed by atoms with Crippen molar-refractivity contribution in [2.75, 3.05) is 25.5 Å². The molecular formula is C19H29N3. The molecule has 0 bridgehead atoms. The molecule has 0 saturated carbocycles. The lowest BCUT2D eigenvalue weighted by atomic mass is 9.85. The van der Waals surface area contributed by atoms with Gasteiger partial charge in [-0.25, -0.2) is 4.98 Å². The van der Waals surface area contributed by atoms with E-state index < -0.39 is 0 Å². The average molecular weight is 299 g/mol. The van der Waals surface area contributed by atoms with Gasteiger partial charge in [0.1, 0.15) is 5.82 Å². The summed E-state index contributed by atoms with van der Waals surface area (Å²) in [4.78, 5) is 9.16. The van der Waals surface area contributed by atoms with E-state index >= 15 is 0 Å². The summed E-state index contributed by atoms with van der Waals surface area (Å²) in [6, 6.07) is 6.13. The molecule has 1 aromatic heterocycles. The van der Waals surface area contributed by atoms with E-state index in [1.54, 1.807) is 0 Å². The Morgan fingerprint density at radius 1 is 1.41 bits per heavy atom. The molecule has 1 aromatic rings. The molecule has 0 saturated heterocycles. The quantitative estimate of drug-likeness (QED) is 0.582. The number of rotatable bonds is 6. The predicted octanol–water partition coefficient (Wildman–Crippen LogP) is 4.10. The van der Waals surface area contributed by atoms with Crippen molar-refractivity contribution in [3.63, 3.8) is 0 Å². The van der Waals surface area contributed by atoms with Gasteiger partial charge in [0, 0.05) is 12.7 Å². The fourth-order valence-corrected chi connectivity index (χ4v) is 2.91. The maximum absolute atomic E-state index is 4.55. The van der Waals surface area contributed by atoms with Crippen molar-refractivity contribution < 1.29 is 0 Å². The van der Waals surface area contributed by atoms with Crippen LogP contribution in [-0.2, 0) is 0 Å². The van der Waals surface area contributed by atoms with Crippen LogP contribution in [0.3, 0.4) is 0 Å². The monoisotopic (exact) mass is 299 g/mol. The Balaban J connectivity index is 2.12. The van der Waals surface area contributed by atoms with Crippen LogP contribution in [0.2, 0.25) is 0 Å². The van der Waals surface area contributed by atoms with Crippen molar-refractivity contribution in [2.24, 2.45) is 5.92 Å². The van der Waals surface area contributed by atoms with Gasteiger partial charge in [-0.05, 0) is 65.3 Å². The second-order valence-corrected chi connectivity index (χ2v) is 6.59. The molecule has 0 aromatic carbocycles.